The minimum absolute atomic E-state index is 0.0905. The molecule has 1 atom stereocenters. The summed E-state index contributed by atoms with van der Waals surface area (Å²) in [5, 5.41) is 8.77. The quantitative estimate of drug-likeness (QED) is 0.810. The minimum Gasteiger partial charge on any atom is -0.327 e. The van der Waals surface area contributed by atoms with Crippen LogP contribution in [0.4, 0.5) is 0 Å². The van der Waals surface area contributed by atoms with Gasteiger partial charge in [0.1, 0.15) is 11.8 Å². The number of sulfone groups is 1. The fourth-order valence-electron chi connectivity index (χ4n) is 1.35. The predicted molar refractivity (Wildman–Crippen MR) is 60.1 cm³/mol. The van der Waals surface area contributed by atoms with Gasteiger partial charge in [-0.2, -0.15) is 5.26 Å². The smallest absolute Gasteiger partial charge is 0.156 e. The van der Waals surface area contributed by atoms with Crippen LogP contribution in [0.25, 0.3) is 0 Å². The van der Waals surface area contributed by atoms with Crippen LogP contribution in [0.2, 0.25) is 0 Å². The van der Waals surface area contributed by atoms with Crippen molar-refractivity contribution < 1.29 is 8.42 Å². The molecule has 86 valence electrons. The van der Waals surface area contributed by atoms with Crippen LogP contribution in [-0.4, -0.2) is 25.2 Å². The van der Waals surface area contributed by atoms with Gasteiger partial charge in [-0.1, -0.05) is 6.07 Å². The zero-order valence-corrected chi connectivity index (χ0v) is 9.74. The Bertz CT molecular complexity index is 503. The number of hydrogen-bond donors (Lipinski definition) is 1. The fraction of sp³-hybridized carbons (Fsp3) is 0.400. The Kier molecular flexibility index (Phi) is 3.99. The lowest BCUT2D eigenvalue weighted by Gasteiger charge is -2.07. The molecule has 1 aromatic rings. The average Bonchev–Trinajstić information content (AvgIpc) is 2.15. The van der Waals surface area contributed by atoms with Crippen LogP contribution >= 0.6 is 0 Å². The van der Waals surface area contributed by atoms with Crippen LogP contribution in [0.15, 0.2) is 18.3 Å². The van der Waals surface area contributed by atoms with E-state index in [2.05, 4.69) is 4.98 Å². The summed E-state index contributed by atoms with van der Waals surface area (Å²) in [6, 6.07) is 4.65. The van der Waals surface area contributed by atoms with Crippen molar-refractivity contribution in [1.29, 1.82) is 5.26 Å². The molecule has 1 heterocycles. The van der Waals surface area contributed by atoms with E-state index in [1.54, 1.807) is 19.1 Å². The van der Waals surface area contributed by atoms with Crippen LogP contribution in [-0.2, 0) is 15.6 Å². The highest BCUT2D eigenvalue weighted by Gasteiger charge is 2.16. The fourth-order valence-corrected chi connectivity index (χ4v) is 2.98. The van der Waals surface area contributed by atoms with Crippen molar-refractivity contribution in [2.75, 3.05) is 5.75 Å². The first-order valence-electron chi connectivity index (χ1n) is 4.74. The van der Waals surface area contributed by atoms with Gasteiger partial charge in [0.25, 0.3) is 0 Å². The molecule has 0 aliphatic heterocycles. The first-order valence-corrected chi connectivity index (χ1v) is 6.57. The maximum absolute atomic E-state index is 11.7. The molecule has 0 spiro atoms. The summed E-state index contributed by atoms with van der Waals surface area (Å²) in [7, 11) is -3.28. The van der Waals surface area contributed by atoms with Crippen molar-refractivity contribution in [3.63, 3.8) is 0 Å². The molecule has 2 N–H and O–H groups in total. The third-order valence-corrected chi connectivity index (χ3v) is 3.67. The lowest BCUT2D eigenvalue weighted by molar-refractivity contribution is 0.589. The van der Waals surface area contributed by atoms with Gasteiger partial charge in [-0.3, -0.25) is 0 Å². The number of aromatic nitrogens is 1. The molecule has 1 unspecified atom stereocenters. The Hall–Kier alpha value is -1.45. The summed E-state index contributed by atoms with van der Waals surface area (Å²) >= 11 is 0. The molecule has 1 rings (SSSR count). The van der Waals surface area contributed by atoms with Crippen molar-refractivity contribution in [3.8, 4) is 6.07 Å². The van der Waals surface area contributed by atoms with E-state index in [0.29, 0.717) is 5.56 Å². The van der Waals surface area contributed by atoms with E-state index in [9.17, 15) is 8.42 Å². The van der Waals surface area contributed by atoms with E-state index in [1.165, 1.54) is 6.20 Å². The molecule has 5 nitrogen and oxygen atoms in total. The van der Waals surface area contributed by atoms with Crippen LogP contribution in [0.1, 0.15) is 18.2 Å². The Balaban J connectivity index is 2.93. The summed E-state index contributed by atoms with van der Waals surface area (Å²) in [5.41, 5.74) is 6.01. The highest BCUT2D eigenvalue weighted by molar-refractivity contribution is 7.90. The van der Waals surface area contributed by atoms with Gasteiger partial charge in [0.05, 0.1) is 11.5 Å². The molecular weight excluding hydrogens is 226 g/mol. The first kappa shape index (κ1) is 12.6. The second-order valence-corrected chi connectivity index (χ2v) is 5.76. The van der Waals surface area contributed by atoms with E-state index in [1.807, 2.05) is 6.07 Å². The van der Waals surface area contributed by atoms with Gasteiger partial charge >= 0.3 is 0 Å². The molecule has 0 aliphatic carbocycles. The second-order valence-electron chi connectivity index (χ2n) is 3.65. The second kappa shape index (κ2) is 5.05. The summed E-state index contributed by atoms with van der Waals surface area (Å²) in [6.07, 6.45) is 1.46. The number of pyridine rings is 1. The molecule has 6 heteroatoms. The van der Waals surface area contributed by atoms with Gasteiger partial charge in [-0.15, -0.1) is 0 Å². The molecular formula is C10H13N3O2S. The van der Waals surface area contributed by atoms with E-state index < -0.39 is 15.9 Å². The molecule has 0 saturated carbocycles. The van der Waals surface area contributed by atoms with Crippen LogP contribution in [0, 0.1) is 11.3 Å². The highest BCUT2D eigenvalue weighted by atomic mass is 32.2. The Morgan fingerprint density at radius 3 is 2.88 bits per heavy atom. The van der Waals surface area contributed by atoms with Crippen molar-refractivity contribution in [2.24, 2.45) is 5.73 Å². The zero-order valence-electron chi connectivity index (χ0n) is 8.92. The number of nitriles is 1. The normalized spacial score (nSPS) is 13.1. The standard InChI is InChI=1S/C10H13N3O2S/c1-8(12)6-16(14,15)7-9-3-2-4-13-10(9)5-11/h2-4,8H,6-7,12H2,1H3. The molecule has 1 aromatic heterocycles. The van der Waals surface area contributed by atoms with E-state index in [4.69, 9.17) is 11.0 Å². The summed E-state index contributed by atoms with van der Waals surface area (Å²) in [6.45, 7) is 1.63. The summed E-state index contributed by atoms with van der Waals surface area (Å²) < 4.78 is 23.3. The molecule has 0 fully saturated rings. The minimum atomic E-state index is -3.28. The molecule has 0 radical (unpaired) electrons. The van der Waals surface area contributed by atoms with Gasteiger partial charge in [0, 0.05) is 17.8 Å². The Morgan fingerprint density at radius 2 is 2.31 bits per heavy atom. The Morgan fingerprint density at radius 1 is 1.62 bits per heavy atom. The average molecular weight is 239 g/mol. The largest absolute Gasteiger partial charge is 0.327 e. The van der Waals surface area contributed by atoms with Crippen molar-refractivity contribution in [3.05, 3.63) is 29.6 Å². The molecule has 0 aliphatic rings. The van der Waals surface area contributed by atoms with Crippen molar-refractivity contribution in [1.82, 2.24) is 4.98 Å². The van der Waals surface area contributed by atoms with E-state index in [-0.39, 0.29) is 17.2 Å². The Labute approximate surface area is 94.8 Å². The topological polar surface area (TPSA) is 96.8 Å². The number of hydrogen-bond acceptors (Lipinski definition) is 5. The van der Waals surface area contributed by atoms with Gasteiger partial charge in [-0.25, -0.2) is 13.4 Å². The van der Waals surface area contributed by atoms with Gasteiger partial charge in [0.15, 0.2) is 9.84 Å². The SMILES string of the molecule is CC(N)CS(=O)(=O)Cc1cccnc1C#N. The number of nitrogens with zero attached hydrogens (tertiary/aromatic N) is 2. The predicted octanol–water partition coefficient (Wildman–Crippen LogP) is 0.215. The van der Waals surface area contributed by atoms with Crippen molar-refractivity contribution in [2.45, 2.75) is 18.7 Å². The molecule has 0 bridgehead atoms. The zero-order chi connectivity index (χ0) is 12.2. The van der Waals surface area contributed by atoms with Gasteiger partial charge < -0.3 is 5.73 Å². The van der Waals surface area contributed by atoms with Gasteiger partial charge in [0.2, 0.25) is 0 Å². The van der Waals surface area contributed by atoms with E-state index in [0.717, 1.165) is 0 Å². The number of rotatable bonds is 4. The molecule has 0 aromatic carbocycles. The molecule has 0 saturated heterocycles. The lowest BCUT2D eigenvalue weighted by Crippen LogP contribution is -2.27. The van der Waals surface area contributed by atoms with Crippen molar-refractivity contribution >= 4 is 9.84 Å². The van der Waals surface area contributed by atoms with E-state index >= 15 is 0 Å². The monoisotopic (exact) mass is 239 g/mol. The summed E-state index contributed by atoms with van der Waals surface area (Å²) in [4.78, 5) is 3.80. The van der Waals surface area contributed by atoms with Crippen LogP contribution in [0.5, 0.6) is 0 Å². The maximum Gasteiger partial charge on any atom is 0.156 e. The van der Waals surface area contributed by atoms with Crippen LogP contribution in [0.3, 0.4) is 0 Å². The highest BCUT2D eigenvalue weighted by Crippen LogP contribution is 2.10. The first-order chi connectivity index (χ1) is 7.44. The van der Waals surface area contributed by atoms with Gasteiger partial charge in [-0.05, 0) is 13.0 Å². The van der Waals surface area contributed by atoms with Crippen LogP contribution < -0.4 is 5.73 Å². The number of nitrogens with two attached hydrogens (primary N) is 1. The third-order valence-electron chi connectivity index (χ3n) is 1.89. The lowest BCUT2D eigenvalue weighted by atomic mass is 10.2. The summed E-state index contributed by atoms with van der Waals surface area (Å²) in [5.74, 6) is -0.280. The molecule has 16 heavy (non-hydrogen) atoms. The molecule has 0 amide bonds. The maximum atomic E-state index is 11.7. The third kappa shape index (κ3) is 3.61.